The third-order valence-electron chi connectivity index (χ3n) is 7.50. The van der Waals surface area contributed by atoms with Crippen LogP contribution in [-0.2, 0) is 0 Å². The standard InChI is InChI=1S/C32H64N/c1-5-9-11-13-15-17-19-21-23-25-27-31-33(29-7-3,30-8-4)32-28-26-24-22-20-18-16-14-12-10-6-2/h7-8H,3-6,9-32H2,1-2H3/q+1. The monoisotopic (exact) mass is 463 g/mol. The average Bonchev–Trinajstić information content (AvgIpc) is 2.81. The van der Waals surface area contributed by atoms with Crippen LogP contribution in [0.2, 0.25) is 0 Å². The van der Waals surface area contributed by atoms with Crippen LogP contribution in [0.25, 0.3) is 0 Å². The van der Waals surface area contributed by atoms with Gasteiger partial charge in [-0.25, -0.2) is 0 Å². The first kappa shape index (κ1) is 32.4. The van der Waals surface area contributed by atoms with Crippen LogP contribution in [0, 0.1) is 0 Å². The predicted molar refractivity (Wildman–Crippen MR) is 153 cm³/mol. The topological polar surface area (TPSA) is 0 Å². The zero-order valence-electron chi connectivity index (χ0n) is 23.4. The highest BCUT2D eigenvalue weighted by Crippen LogP contribution is 2.17. The first-order valence-corrected chi connectivity index (χ1v) is 15.3. The van der Waals surface area contributed by atoms with Crippen molar-refractivity contribution in [1.29, 1.82) is 0 Å². The zero-order chi connectivity index (χ0) is 24.3. The summed E-state index contributed by atoms with van der Waals surface area (Å²) in [7, 11) is 0. The number of hydrogen-bond acceptors (Lipinski definition) is 0. The van der Waals surface area contributed by atoms with E-state index in [1.165, 1.54) is 159 Å². The average molecular weight is 463 g/mol. The largest absolute Gasteiger partial charge is 0.317 e. The van der Waals surface area contributed by atoms with Gasteiger partial charge in [0.25, 0.3) is 0 Å². The SMILES string of the molecule is C=CC[N+](CC=C)(CCCCCCCCCCCCC)CCCCCCCCCCCCC. The van der Waals surface area contributed by atoms with E-state index >= 15 is 0 Å². The molecule has 0 amide bonds. The van der Waals surface area contributed by atoms with Crippen LogP contribution >= 0.6 is 0 Å². The lowest BCUT2D eigenvalue weighted by Crippen LogP contribution is -2.49. The molecule has 1 nitrogen and oxygen atoms in total. The Balaban J connectivity index is 3.90. The van der Waals surface area contributed by atoms with Gasteiger partial charge >= 0.3 is 0 Å². The molecule has 0 bridgehead atoms. The molecule has 33 heavy (non-hydrogen) atoms. The number of hydrogen-bond donors (Lipinski definition) is 0. The van der Waals surface area contributed by atoms with E-state index in [1.54, 1.807) is 0 Å². The third kappa shape index (κ3) is 21.7. The zero-order valence-corrected chi connectivity index (χ0v) is 23.4. The van der Waals surface area contributed by atoms with Crippen LogP contribution in [0.15, 0.2) is 25.3 Å². The van der Waals surface area contributed by atoms with Gasteiger partial charge in [0.2, 0.25) is 0 Å². The summed E-state index contributed by atoms with van der Waals surface area (Å²) in [6.45, 7) is 17.6. The molecule has 0 aromatic carbocycles. The van der Waals surface area contributed by atoms with E-state index in [9.17, 15) is 0 Å². The maximum atomic E-state index is 4.09. The van der Waals surface area contributed by atoms with Gasteiger partial charge < -0.3 is 4.48 Å². The molecule has 0 N–H and O–H groups in total. The summed E-state index contributed by atoms with van der Waals surface area (Å²) in [6.07, 6.45) is 35.7. The number of unbranched alkanes of at least 4 members (excludes halogenated alkanes) is 20. The molecule has 0 heterocycles. The van der Waals surface area contributed by atoms with Gasteiger partial charge in [0, 0.05) is 0 Å². The van der Waals surface area contributed by atoms with E-state index in [2.05, 4.69) is 39.2 Å². The molecule has 0 radical (unpaired) electrons. The summed E-state index contributed by atoms with van der Waals surface area (Å²) in [5.74, 6) is 0. The Bertz CT molecular complexity index is 361. The minimum Gasteiger partial charge on any atom is -0.317 e. The minimum absolute atomic E-state index is 1.11. The first-order chi connectivity index (χ1) is 16.2. The highest BCUT2D eigenvalue weighted by atomic mass is 15.3. The second-order valence-electron chi connectivity index (χ2n) is 10.8. The lowest BCUT2D eigenvalue weighted by molar-refractivity contribution is -0.917. The normalized spacial score (nSPS) is 11.7. The Labute approximate surface area is 211 Å². The summed E-state index contributed by atoms with van der Waals surface area (Å²) in [6, 6.07) is 0. The van der Waals surface area contributed by atoms with Crippen molar-refractivity contribution >= 4 is 0 Å². The summed E-state index contributed by atoms with van der Waals surface area (Å²) in [4.78, 5) is 0. The molecular formula is C32H64N+. The van der Waals surface area contributed by atoms with Gasteiger partial charge in [0.05, 0.1) is 26.2 Å². The lowest BCUT2D eigenvalue weighted by Gasteiger charge is -2.37. The molecule has 0 fully saturated rings. The van der Waals surface area contributed by atoms with Crippen molar-refractivity contribution in [3.05, 3.63) is 25.3 Å². The van der Waals surface area contributed by atoms with Crippen LogP contribution in [0.5, 0.6) is 0 Å². The van der Waals surface area contributed by atoms with Gasteiger partial charge in [-0.3, -0.25) is 0 Å². The molecule has 0 aromatic heterocycles. The molecule has 0 unspecified atom stereocenters. The summed E-state index contributed by atoms with van der Waals surface area (Å²) < 4.78 is 1.20. The Hall–Kier alpha value is -0.560. The Kier molecular flexibility index (Phi) is 25.6. The van der Waals surface area contributed by atoms with Gasteiger partial charge in [0.15, 0.2) is 0 Å². The van der Waals surface area contributed by atoms with E-state index in [-0.39, 0.29) is 0 Å². The fourth-order valence-corrected chi connectivity index (χ4v) is 5.32. The summed E-state index contributed by atoms with van der Waals surface area (Å²) >= 11 is 0. The fourth-order valence-electron chi connectivity index (χ4n) is 5.32. The Morgan fingerprint density at radius 1 is 0.394 bits per heavy atom. The maximum absolute atomic E-state index is 4.09. The van der Waals surface area contributed by atoms with Crippen molar-refractivity contribution in [2.45, 2.75) is 155 Å². The van der Waals surface area contributed by atoms with Crippen molar-refractivity contribution in [3.8, 4) is 0 Å². The van der Waals surface area contributed by atoms with Crippen molar-refractivity contribution in [3.63, 3.8) is 0 Å². The molecule has 0 aliphatic carbocycles. The molecule has 0 rings (SSSR count). The summed E-state index contributed by atoms with van der Waals surface area (Å²) in [5, 5.41) is 0. The van der Waals surface area contributed by atoms with Gasteiger partial charge in [0.1, 0.15) is 0 Å². The highest BCUT2D eigenvalue weighted by Gasteiger charge is 2.23. The van der Waals surface area contributed by atoms with Crippen LogP contribution in [-0.4, -0.2) is 30.7 Å². The quantitative estimate of drug-likeness (QED) is 0.0616. The molecule has 0 atom stereocenters. The van der Waals surface area contributed by atoms with Crippen molar-refractivity contribution in [2.75, 3.05) is 26.2 Å². The van der Waals surface area contributed by atoms with Gasteiger partial charge in [-0.05, 0) is 37.8 Å². The number of rotatable bonds is 28. The molecule has 0 spiro atoms. The molecular weight excluding hydrogens is 398 g/mol. The Morgan fingerprint density at radius 2 is 0.636 bits per heavy atom. The molecule has 0 aliphatic rings. The van der Waals surface area contributed by atoms with E-state index < -0.39 is 0 Å². The summed E-state index contributed by atoms with van der Waals surface area (Å²) in [5.41, 5.74) is 0. The second kappa shape index (κ2) is 26.1. The van der Waals surface area contributed by atoms with E-state index in [4.69, 9.17) is 0 Å². The van der Waals surface area contributed by atoms with E-state index in [0.29, 0.717) is 0 Å². The molecule has 1 heteroatoms. The van der Waals surface area contributed by atoms with Crippen LogP contribution in [0.3, 0.4) is 0 Å². The first-order valence-electron chi connectivity index (χ1n) is 15.3. The highest BCUT2D eigenvalue weighted by molar-refractivity contribution is 4.72. The van der Waals surface area contributed by atoms with E-state index in [0.717, 1.165) is 13.1 Å². The fraction of sp³-hybridized carbons (Fsp3) is 0.875. The number of nitrogens with zero attached hydrogens (tertiary/aromatic N) is 1. The molecule has 0 aromatic rings. The third-order valence-corrected chi connectivity index (χ3v) is 7.50. The van der Waals surface area contributed by atoms with Crippen molar-refractivity contribution in [2.24, 2.45) is 0 Å². The van der Waals surface area contributed by atoms with Gasteiger partial charge in [-0.1, -0.05) is 143 Å². The predicted octanol–water partition coefficient (Wildman–Crippen LogP) is 10.8. The molecule has 196 valence electrons. The van der Waals surface area contributed by atoms with Crippen molar-refractivity contribution in [1.82, 2.24) is 0 Å². The smallest absolute Gasteiger partial charge is 0.0973 e. The molecule has 0 aliphatic heterocycles. The lowest BCUT2D eigenvalue weighted by atomic mass is 10.0. The maximum Gasteiger partial charge on any atom is 0.0973 e. The Morgan fingerprint density at radius 3 is 0.879 bits per heavy atom. The number of quaternary nitrogens is 1. The van der Waals surface area contributed by atoms with Crippen LogP contribution in [0.4, 0.5) is 0 Å². The van der Waals surface area contributed by atoms with Gasteiger partial charge in [-0.15, -0.1) is 0 Å². The van der Waals surface area contributed by atoms with E-state index in [1.807, 2.05) is 0 Å². The second-order valence-corrected chi connectivity index (χ2v) is 10.8. The van der Waals surface area contributed by atoms with Gasteiger partial charge in [-0.2, -0.15) is 0 Å². The molecule has 0 saturated heterocycles. The minimum atomic E-state index is 1.11. The van der Waals surface area contributed by atoms with Crippen LogP contribution in [0.1, 0.15) is 155 Å². The van der Waals surface area contributed by atoms with Crippen molar-refractivity contribution < 1.29 is 4.48 Å². The molecule has 0 saturated carbocycles. The van der Waals surface area contributed by atoms with Crippen LogP contribution < -0.4 is 0 Å².